The lowest BCUT2D eigenvalue weighted by Gasteiger charge is -1.96. The number of imidazole rings is 1. The van der Waals surface area contributed by atoms with E-state index >= 15 is 0 Å². The SMILES string of the molecule is COC(=O)c1ncn(-c2nc3ccccn3c2C=O)n1. The molecule has 0 atom stereocenters. The molecule has 0 radical (unpaired) electrons. The summed E-state index contributed by atoms with van der Waals surface area (Å²) in [6.45, 7) is 0. The highest BCUT2D eigenvalue weighted by Gasteiger charge is 2.17. The van der Waals surface area contributed by atoms with Gasteiger partial charge in [-0.25, -0.2) is 14.8 Å². The predicted molar refractivity (Wildman–Crippen MR) is 66.8 cm³/mol. The van der Waals surface area contributed by atoms with E-state index in [1.54, 1.807) is 22.7 Å². The van der Waals surface area contributed by atoms with Gasteiger partial charge in [-0.1, -0.05) is 6.07 Å². The van der Waals surface area contributed by atoms with E-state index in [9.17, 15) is 9.59 Å². The number of aldehydes is 1. The van der Waals surface area contributed by atoms with Crippen LogP contribution in [0.5, 0.6) is 0 Å². The van der Waals surface area contributed by atoms with E-state index in [-0.39, 0.29) is 5.82 Å². The molecule has 0 aromatic carbocycles. The van der Waals surface area contributed by atoms with Crippen molar-refractivity contribution in [1.29, 1.82) is 0 Å². The van der Waals surface area contributed by atoms with Gasteiger partial charge in [-0.15, -0.1) is 5.10 Å². The molecule has 0 saturated heterocycles. The Balaban J connectivity index is 2.16. The first-order chi connectivity index (χ1) is 9.74. The van der Waals surface area contributed by atoms with Crippen LogP contribution < -0.4 is 0 Å². The number of esters is 1. The van der Waals surface area contributed by atoms with Gasteiger partial charge in [0.15, 0.2) is 12.1 Å². The second-order valence-corrected chi connectivity index (χ2v) is 3.87. The quantitative estimate of drug-likeness (QED) is 0.509. The Bertz CT molecular complexity index is 804. The minimum absolute atomic E-state index is 0.0959. The van der Waals surface area contributed by atoms with E-state index in [1.807, 2.05) is 6.07 Å². The number of carbonyl (C=O) groups is 2. The predicted octanol–water partition coefficient (Wildman–Crippen LogP) is 0.514. The van der Waals surface area contributed by atoms with Gasteiger partial charge in [0.1, 0.15) is 17.7 Å². The molecule has 3 heterocycles. The number of rotatable bonds is 3. The Morgan fingerprint density at radius 1 is 1.40 bits per heavy atom. The number of hydrogen-bond acceptors (Lipinski definition) is 6. The number of ether oxygens (including phenoxy) is 1. The first kappa shape index (κ1) is 12.0. The average molecular weight is 271 g/mol. The van der Waals surface area contributed by atoms with Crippen LogP contribution in [-0.2, 0) is 4.74 Å². The zero-order valence-corrected chi connectivity index (χ0v) is 10.4. The number of pyridine rings is 1. The maximum Gasteiger partial charge on any atom is 0.377 e. The van der Waals surface area contributed by atoms with E-state index in [0.29, 0.717) is 23.4 Å². The summed E-state index contributed by atoms with van der Waals surface area (Å²) in [7, 11) is 1.24. The number of hydrogen-bond donors (Lipinski definition) is 0. The second kappa shape index (κ2) is 4.57. The summed E-state index contributed by atoms with van der Waals surface area (Å²) >= 11 is 0. The molecule has 8 nitrogen and oxygen atoms in total. The van der Waals surface area contributed by atoms with Crippen LogP contribution in [0, 0.1) is 0 Å². The van der Waals surface area contributed by atoms with Gasteiger partial charge in [-0.05, 0) is 12.1 Å². The summed E-state index contributed by atoms with van der Waals surface area (Å²) in [5.74, 6) is -0.449. The lowest BCUT2D eigenvalue weighted by Crippen LogP contribution is -2.06. The maximum atomic E-state index is 11.3. The molecular weight excluding hydrogens is 262 g/mol. The molecule has 20 heavy (non-hydrogen) atoms. The third kappa shape index (κ3) is 1.74. The summed E-state index contributed by atoms with van der Waals surface area (Å²) in [6.07, 6.45) is 3.70. The highest BCUT2D eigenvalue weighted by Crippen LogP contribution is 2.14. The molecule has 0 N–H and O–H groups in total. The van der Waals surface area contributed by atoms with Gasteiger partial charge in [0.05, 0.1) is 7.11 Å². The fourth-order valence-electron chi connectivity index (χ4n) is 1.83. The van der Waals surface area contributed by atoms with E-state index in [4.69, 9.17) is 0 Å². The second-order valence-electron chi connectivity index (χ2n) is 3.87. The molecular formula is C12H9N5O3. The van der Waals surface area contributed by atoms with Crippen LogP contribution in [0.4, 0.5) is 0 Å². The van der Waals surface area contributed by atoms with Gasteiger partial charge in [0.2, 0.25) is 0 Å². The standard InChI is InChI=1S/C12H9N5O3/c1-20-12(19)10-13-7-17(15-10)11-8(6-18)16-5-3-2-4-9(16)14-11/h2-7H,1H3. The summed E-state index contributed by atoms with van der Waals surface area (Å²) < 4.78 is 7.42. The minimum Gasteiger partial charge on any atom is -0.463 e. The van der Waals surface area contributed by atoms with Crippen molar-refractivity contribution in [3.05, 3.63) is 42.2 Å². The Morgan fingerprint density at radius 2 is 2.25 bits per heavy atom. The van der Waals surface area contributed by atoms with Crippen LogP contribution in [0.1, 0.15) is 21.1 Å². The first-order valence-corrected chi connectivity index (χ1v) is 5.67. The van der Waals surface area contributed by atoms with Crippen LogP contribution in [0.15, 0.2) is 30.7 Å². The largest absolute Gasteiger partial charge is 0.463 e. The van der Waals surface area contributed by atoms with Crippen molar-refractivity contribution in [2.75, 3.05) is 7.11 Å². The Morgan fingerprint density at radius 3 is 3.00 bits per heavy atom. The molecule has 0 aliphatic rings. The van der Waals surface area contributed by atoms with Crippen molar-refractivity contribution in [1.82, 2.24) is 24.1 Å². The smallest absolute Gasteiger partial charge is 0.377 e. The van der Waals surface area contributed by atoms with Gasteiger partial charge in [0, 0.05) is 6.20 Å². The normalized spacial score (nSPS) is 10.7. The van der Waals surface area contributed by atoms with Gasteiger partial charge < -0.3 is 4.74 Å². The van der Waals surface area contributed by atoms with E-state index < -0.39 is 5.97 Å². The molecule has 100 valence electrons. The summed E-state index contributed by atoms with van der Waals surface area (Å²) in [4.78, 5) is 30.7. The fourth-order valence-corrected chi connectivity index (χ4v) is 1.83. The van der Waals surface area contributed by atoms with Crippen molar-refractivity contribution in [3.8, 4) is 5.82 Å². The highest BCUT2D eigenvalue weighted by molar-refractivity contribution is 5.85. The van der Waals surface area contributed by atoms with Crippen LogP contribution in [0.2, 0.25) is 0 Å². The molecule has 3 aromatic rings. The number of fused-ring (bicyclic) bond motifs is 1. The molecule has 0 spiro atoms. The highest BCUT2D eigenvalue weighted by atomic mass is 16.5. The Kier molecular flexibility index (Phi) is 2.75. The molecule has 0 aliphatic heterocycles. The minimum atomic E-state index is -0.653. The lowest BCUT2D eigenvalue weighted by atomic mass is 10.4. The maximum absolute atomic E-state index is 11.3. The van der Waals surface area contributed by atoms with Gasteiger partial charge in [-0.2, -0.15) is 4.68 Å². The third-order valence-corrected chi connectivity index (χ3v) is 2.74. The molecule has 3 rings (SSSR count). The summed E-state index contributed by atoms with van der Waals surface area (Å²) in [5, 5.41) is 3.95. The van der Waals surface area contributed by atoms with Crippen molar-refractivity contribution in [2.45, 2.75) is 0 Å². The third-order valence-electron chi connectivity index (χ3n) is 2.74. The Labute approximate surface area is 112 Å². The van der Waals surface area contributed by atoms with E-state index in [0.717, 1.165) is 0 Å². The van der Waals surface area contributed by atoms with Crippen molar-refractivity contribution < 1.29 is 14.3 Å². The van der Waals surface area contributed by atoms with Crippen molar-refractivity contribution in [2.24, 2.45) is 0 Å². The summed E-state index contributed by atoms with van der Waals surface area (Å²) in [5.41, 5.74) is 0.918. The van der Waals surface area contributed by atoms with Crippen molar-refractivity contribution in [3.63, 3.8) is 0 Å². The van der Waals surface area contributed by atoms with Crippen LogP contribution in [-0.4, -0.2) is 43.5 Å². The lowest BCUT2D eigenvalue weighted by molar-refractivity contribution is 0.0587. The zero-order chi connectivity index (χ0) is 14.1. The average Bonchev–Trinajstić information content (AvgIpc) is 3.10. The van der Waals surface area contributed by atoms with Crippen LogP contribution >= 0.6 is 0 Å². The fraction of sp³-hybridized carbons (Fsp3) is 0.0833. The zero-order valence-electron chi connectivity index (χ0n) is 10.4. The molecule has 0 fully saturated rings. The number of nitrogens with zero attached hydrogens (tertiary/aromatic N) is 5. The molecule has 0 unspecified atom stereocenters. The van der Waals surface area contributed by atoms with Crippen LogP contribution in [0.3, 0.4) is 0 Å². The number of aromatic nitrogens is 5. The molecule has 3 aromatic heterocycles. The Hall–Kier alpha value is -3.03. The topological polar surface area (TPSA) is 91.4 Å². The number of carbonyl (C=O) groups excluding carboxylic acids is 2. The van der Waals surface area contributed by atoms with Gasteiger partial charge in [0.25, 0.3) is 5.82 Å². The monoisotopic (exact) mass is 271 g/mol. The molecule has 8 heteroatoms. The number of methoxy groups -OCH3 is 1. The van der Waals surface area contributed by atoms with E-state index in [1.165, 1.54) is 18.1 Å². The molecule has 0 amide bonds. The first-order valence-electron chi connectivity index (χ1n) is 5.67. The molecule has 0 saturated carbocycles. The van der Waals surface area contributed by atoms with E-state index in [2.05, 4.69) is 19.8 Å². The molecule has 0 bridgehead atoms. The summed E-state index contributed by atoms with van der Waals surface area (Å²) in [6, 6.07) is 5.35. The van der Waals surface area contributed by atoms with Gasteiger partial charge in [-0.3, -0.25) is 9.20 Å². The van der Waals surface area contributed by atoms with Crippen LogP contribution in [0.25, 0.3) is 11.5 Å². The van der Waals surface area contributed by atoms with Gasteiger partial charge >= 0.3 is 5.97 Å². The molecule has 0 aliphatic carbocycles. The van der Waals surface area contributed by atoms with Crippen molar-refractivity contribution >= 4 is 17.9 Å².